The van der Waals surface area contributed by atoms with Crippen LogP contribution in [0.25, 0.3) is 0 Å². The van der Waals surface area contributed by atoms with Crippen molar-refractivity contribution in [2.24, 2.45) is 11.8 Å². The Morgan fingerprint density at radius 2 is 1.06 bits per heavy atom. The molecule has 0 heteroatoms. The van der Waals surface area contributed by atoms with Gasteiger partial charge in [-0.3, -0.25) is 0 Å². The molecule has 0 aromatic carbocycles. The van der Waals surface area contributed by atoms with Gasteiger partial charge in [-0.1, -0.05) is 105 Å². The van der Waals surface area contributed by atoms with Crippen LogP contribution in [0.3, 0.4) is 0 Å². The molecule has 0 saturated heterocycles. The van der Waals surface area contributed by atoms with Gasteiger partial charge in [-0.15, -0.1) is 0 Å². The molecule has 0 amide bonds. The topological polar surface area (TPSA) is 0 Å². The Hall–Kier alpha value is 0. The van der Waals surface area contributed by atoms with Crippen molar-refractivity contribution in [2.75, 3.05) is 0 Å². The van der Waals surface area contributed by atoms with Crippen molar-refractivity contribution in [2.45, 2.75) is 105 Å². The van der Waals surface area contributed by atoms with Crippen molar-refractivity contribution < 1.29 is 0 Å². The Morgan fingerprint density at radius 1 is 0.556 bits per heavy atom. The van der Waals surface area contributed by atoms with E-state index < -0.39 is 0 Å². The molecule has 0 aromatic heterocycles. The second-order valence-electron chi connectivity index (χ2n) is 6.46. The summed E-state index contributed by atoms with van der Waals surface area (Å²) >= 11 is 0. The number of unbranched alkanes of at least 4 members (excludes halogenated alkanes) is 6. The van der Waals surface area contributed by atoms with E-state index in [0.717, 1.165) is 11.8 Å². The Morgan fingerprint density at radius 3 is 1.67 bits per heavy atom. The van der Waals surface area contributed by atoms with Crippen LogP contribution < -0.4 is 0 Å². The standard InChI is InChI=1S/C18H38/c1-5-7-8-9-10-11-12-14-18(4)16-13-15-17(3)6-2/h17-18H,5-16H2,1-4H3. The highest BCUT2D eigenvalue weighted by Gasteiger charge is 2.04. The quantitative estimate of drug-likeness (QED) is 0.311. The molecule has 0 heterocycles. The number of hydrogen-bond acceptors (Lipinski definition) is 0. The van der Waals surface area contributed by atoms with E-state index in [1.54, 1.807) is 0 Å². The summed E-state index contributed by atoms with van der Waals surface area (Å²) < 4.78 is 0. The minimum absolute atomic E-state index is 0.941. The lowest BCUT2D eigenvalue weighted by Gasteiger charge is -2.13. The molecule has 2 unspecified atom stereocenters. The van der Waals surface area contributed by atoms with E-state index in [1.165, 1.54) is 77.0 Å². The highest BCUT2D eigenvalue weighted by molar-refractivity contribution is 4.57. The van der Waals surface area contributed by atoms with Gasteiger partial charge in [0.25, 0.3) is 0 Å². The summed E-state index contributed by atoms with van der Waals surface area (Å²) in [7, 11) is 0. The maximum atomic E-state index is 2.45. The first-order valence-corrected chi connectivity index (χ1v) is 8.70. The first kappa shape index (κ1) is 18.0. The molecule has 0 aromatic rings. The molecule has 0 fully saturated rings. The van der Waals surface area contributed by atoms with E-state index in [1.807, 2.05) is 0 Å². The molecule has 0 nitrogen and oxygen atoms in total. The Bertz CT molecular complexity index is 150. The fourth-order valence-electron chi connectivity index (χ4n) is 2.61. The lowest BCUT2D eigenvalue weighted by molar-refractivity contribution is 0.405. The normalized spacial score (nSPS) is 14.7. The Balaban J connectivity index is 3.19. The summed E-state index contributed by atoms with van der Waals surface area (Å²) in [6.45, 7) is 9.45. The fourth-order valence-corrected chi connectivity index (χ4v) is 2.61. The third kappa shape index (κ3) is 12.5. The van der Waals surface area contributed by atoms with Crippen molar-refractivity contribution >= 4 is 0 Å². The molecule has 0 radical (unpaired) electrons. The number of rotatable bonds is 13. The van der Waals surface area contributed by atoms with E-state index in [2.05, 4.69) is 27.7 Å². The van der Waals surface area contributed by atoms with Gasteiger partial charge in [0.15, 0.2) is 0 Å². The van der Waals surface area contributed by atoms with E-state index >= 15 is 0 Å². The predicted molar refractivity (Wildman–Crippen MR) is 85.1 cm³/mol. The maximum Gasteiger partial charge on any atom is -0.0443 e. The summed E-state index contributed by atoms with van der Waals surface area (Å²) in [5.41, 5.74) is 0. The zero-order valence-corrected chi connectivity index (χ0v) is 13.6. The van der Waals surface area contributed by atoms with Crippen molar-refractivity contribution in [3.8, 4) is 0 Å². The van der Waals surface area contributed by atoms with Crippen LogP contribution in [-0.4, -0.2) is 0 Å². The van der Waals surface area contributed by atoms with Crippen LogP contribution in [-0.2, 0) is 0 Å². The molecule has 0 saturated carbocycles. The predicted octanol–water partition coefficient (Wildman–Crippen LogP) is 6.98. The summed E-state index contributed by atoms with van der Waals surface area (Å²) in [5.74, 6) is 1.90. The molecule has 0 aliphatic carbocycles. The molecule has 0 bridgehead atoms. The van der Waals surface area contributed by atoms with E-state index in [4.69, 9.17) is 0 Å². The molecular formula is C18H38. The van der Waals surface area contributed by atoms with Gasteiger partial charge in [0.2, 0.25) is 0 Å². The monoisotopic (exact) mass is 254 g/mol. The SMILES string of the molecule is CCCCCCCCCC(C)CCCC(C)CC. The molecule has 110 valence electrons. The smallest absolute Gasteiger partial charge is 0.0443 e. The Labute approximate surface area is 117 Å². The molecule has 18 heavy (non-hydrogen) atoms. The summed E-state index contributed by atoms with van der Waals surface area (Å²) in [6.07, 6.45) is 17.3. The fraction of sp³-hybridized carbons (Fsp3) is 1.00. The first-order chi connectivity index (χ1) is 8.70. The van der Waals surface area contributed by atoms with Crippen LogP contribution in [0.5, 0.6) is 0 Å². The van der Waals surface area contributed by atoms with Crippen molar-refractivity contribution in [3.05, 3.63) is 0 Å². The maximum absolute atomic E-state index is 2.45. The van der Waals surface area contributed by atoms with Gasteiger partial charge >= 0.3 is 0 Å². The van der Waals surface area contributed by atoms with Gasteiger partial charge in [0.1, 0.15) is 0 Å². The average molecular weight is 255 g/mol. The third-order valence-corrected chi connectivity index (χ3v) is 4.39. The van der Waals surface area contributed by atoms with Crippen LogP contribution in [0, 0.1) is 11.8 Å². The van der Waals surface area contributed by atoms with Crippen molar-refractivity contribution in [1.82, 2.24) is 0 Å². The van der Waals surface area contributed by atoms with Crippen LogP contribution in [0.2, 0.25) is 0 Å². The lowest BCUT2D eigenvalue weighted by Crippen LogP contribution is -1.98. The first-order valence-electron chi connectivity index (χ1n) is 8.70. The van der Waals surface area contributed by atoms with Gasteiger partial charge in [-0.05, 0) is 11.8 Å². The second kappa shape index (κ2) is 13.4. The van der Waals surface area contributed by atoms with Gasteiger partial charge in [0.05, 0.1) is 0 Å². The molecule has 0 N–H and O–H groups in total. The summed E-state index contributed by atoms with van der Waals surface area (Å²) in [6, 6.07) is 0. The third-order valence-electron chi connectivity index (χ3n) is 4.39. The largest absolute Gasteiger partial charge is 0.0654 e. The molecular weight excluding hydrogens is 216 g/mol. The van der Waals surface area contributed by atoms with Crippen LogP contribution >= 0.6 is 0 Å². The van der Waals surface area contributed by atoms with E-state index in [-0.39, 0.29) is 0 Å². The second-order valence-corrected chi connectivity index (χ2v) is 6.46. The van der Waals surface area contributed by atoms with Gasteiger partial charge in [-0.25, -0.2) is 0 Å². The molecule has 0 spiro atoms. The van der Waals surface area contributed by atoms with Crippen LogP contribution in [0.4, 0.5) is 0 Å². The van der Waals surface area contributed by atoms with Gasteiger partial charge in [0, 0.05) is 0 Å². The van der Waals surface area contributed by atoms with Crippen molar-refractivity contribution in [1.29, 1.82) is 0 Å². The average Bonchev–Trinajstić information content (AvgIpc) is 2.37. The van der Waals surface area contributed by atoms with Crippen molar-refractivity contribution in [3.63, 3.8) is 0 Å². The summed E-state index contributed by atoms with van der Waals surface area (Å²) in [4.78, 5) is 0. The molecule has 0 aliphatic heterocycles. The Kier molecular flexibility index (Phi) is 13.4. The van der Waals surface area contributed by atoms with Gasteiger partial charge in [-0.2, -0.15) is 0 Å². The minimum Gasteiger partial charge on any atom is -0.0654 e. The van der Waals surface area contributed by atoms with Crippen LogP contribution in [0.1, 0.15) is 105 Å². The number of hydrogen-bond donors (Lipinski definition) is 0. The van der Waals surface area contributed by atoms with E-state index in [9.17, 15) is 0 Å². The van der Waals surface area contributed by atoms with Gasteiger partial charge < -0.3 is 0 Å². The van der Waals surface area contributed by atoms with Crippen LogP contribution in [0.15, 0.2) is 0 Å². The lowest BCUT2D eigenvalue weighted by atomic mass is 9.93. The minimum atomic E-state index is 0.941. The summed E-state index contributed by atoms with van der Waals surface area (Å²) in [5, 5.41) is 0. The zero-order chi connectivity index (χ0) is 13.6. The zero-order valence-electron chi connectivity index (χ0n) is 13.6. The highest BCUT2D eigenvalue weighted by atomic mass is 14.1. The molecule has 2 atom stereocenters. The highest BCUT2D eigenvalue weighted by Crippen LogP contribution is 2.19. The van der Waals surface area contributed by atoms with E-state index in [0.29, 0.717) is 0 Å². The molecule has 0 aliphatic rings. The molecule has 0 rings (SSSR count).